The zero-order valence-corrected chi connectivity index (χ0v) is 10.7. The van der Waals surface area contributed by atoms with Crippen LogP contribution in [-0.2, 0) is 0 Å². The molecule has 2 aromatic rings. The number of anilines is 1. The molecule has 0 heterocycles. The predicted molar refractivity (Wildman–Crippen MR) is 71.5 cm³/mol. The third-order valence-electron chi connectivity index (χ3n) is 2.35. The second-order valence-corrected chi connectivity index (χ2v) is 4.42. The Morgan fingerprint density at radius 2 is 1.78 bits per heavy atom. The molecular weight excluding hydrogens is 273 g/mol. The summed E-state index contributed by atoms with van der Waals surface area (Å²) in [5, 5.41) is 11.1. The van der Waals surface area contributed by atoms with E-state index < -0.39 is 5.91 Å². The van der Waals surface area contributed by atoms with Gasteiger partial charge in [-0.2, -0.15) is 5.06 Å². The normalized spacial score (nSPS) is 10.2. The molecule has 0 radical (unpaired) electrons. The highest BCUT2D eigenvalue weighted by Crippen LogP contribution is 2.22. The number of hydrogen-bond donors (Lipinski definition) is 1. The summed E-state index contributed by atoms with van der Waals surface area (Å²) in [4.78, 5) is 12.0. The van der Waals surface area contributed by atoms with E-state index in [4.69, 9.17) is 23.2 Å². The molecular formula is C13H9Cl2NO2. The van der Waals surface area contributed by atoms with Gasteiger partial charge in [0.15, 0.2) is 0 Å². The maximum Gasteiger partial charge on any atom is 0.283 e. The molecule has 1 amide bonds. The molecule has 0 saturated carbocycles. The van der Waals surface area contributed by atoms with E-state index in [1.807, 2.05) is 0 Å². The molecule has 0 fully saturated rings. The molecule has 2 rings (SSSR count). The van der Waals surface area contributed by atoms with Crippen LogP contribution in [0.15, 0.2) is 48.5 Å². The molecule has 0 spiro atoms. The first kappa shape index (κ1) is 12.9. The molecule has 0 saturated heterocycles. The minimum absolute atomic E-state index is 0.224. The highest BCUT2D eigenvalue weighted by atomic mass is 35.5. The van der Waals surface area contributed by atoms with Gasteiger partial charge in [-0.1, -0.05) is 41.4 Å². The van der Waals surface area contributed by atoms with Crippen molar-refractivity contribution in [2.24, 2.45) is 0 Å². The lowest BCUT2D eigenvalue weighted by Crippen LogP contribution is -2.27. The quantitative estimate of drug-likeness (QED) is 0.667. The van der Waals surface area contributed by atoms with E-state index in [9.17, 15) is 10.0 Å². The number of carbonyl (C=O) groups is 1. The molecule has 18 heavy (non-hydrogen) atoms. The Kier molecular flexibility index (Phi) is 3.87. The Balaban J connectivity index is 2.32. The van der Waals surface area contributed by atoms with Crippen molar-refractivity contribution in [3.63, 3.8) is 0 Å². The van der Waals surface area contributed by atoms with E-state index in [-0.39, 0.29) is 16.3 Å². The molecule has 92 valence electrons. The van der Waals surface area contributed by atoms with Gasteiger partial charge in [0.2, 0.25) is 0 Å². The number of nitrogens with zero attached hydrogens (tertiary/aromatic N) is 1. The molecule has 0 aliphatic rings. The molecule has 2 aromatic carbocycles. The monoisotopic (exact) mass is 281 g/mol. The van der Waals surface area contributed by atoms with Crippen molar-refractivity contribution in [1.82, 2.24) is 0 Å². The van der Waals surface area contributed by atoms with Crippen molar-refractivity contribution >= 4 is 34.8 Å². The summed E-state index contributed by atoms with van der Waals surface area (Å²) >= 11 is 11.7. The maximum atomic E-state index is 12.0. The average Bonchev–Trinajstić information content (AvgIpc) is 2.37. The standard InChI is InChI=1S/C13H9Cl2NO2/c14-9-4-3-5-10(8-9)16(18)13(17)11-6-1-2-7-12(11)15/h1-8,18H. The third kappa shape index (κ3) is 2.64. The van der Waals surface area contributed by atoms with Gasteiger partial charge in [0.25, 0.3) is 5.91 Å². The van der Waals surface area contributed by atoms with Gasteiger partial charge in [-0.15, -0.1) is 0 Å². The number of hydroxylamine groups is 1. The van der Waals surface area contributed by atoms with Crippen LogP contribution in [0.3, 0.4) is 0 Å². The number of rotatable bonds is 2. The third-order valence-corrected chi connectivity index (χ3v) is 2.91. The fourth-order valence-corrected chi connectivity index (χ4v) is 1.87. The van der Waals surface area contributed by atoms with E-state index in [0.29, 0.717) is 10.1 Å². The second-order valence-electron chi connectivity index (χ2n) is 3.58. The lowest BCUT2D eigenvalue weighted by Gasteiger charge is -2.15. The summed E-state index contributed by atoms with van der Waals surface area (Å²) in [7, 11) is 0. The van der Waals surface area contributed by atoms with Gasteiger partial charge >= 0.3 is 0 Å². The van der Waals surface area contributed by atoms with Gasteiger partial charge < -0.3 is 0 Å². The van der Waals surface area contributed by atoms with Crippen molar-refractivity contribution in [2.45, 2.75) is 0 Å². The van der Waals surface area contributed by atoms with Crippen LogP contribution in [0, 0.1) is 0 Å². The van der Waals surface area contributed by atoms with Crippen molar-refractivity contribution < 1.29 is 10.0 Å². The van der Waals surface area contributed by atoms with Gasteiger partial charge in [-0.25, -0.2) is 0 Å². The molecule has 3 nitrogen and oxygen atoms in total. The van der Waals surface area contributed by atoms with Crippen LogP contribution >= 0.6 is 23.2 Å². The summed E-state index contributed by atoms with van der Waals surface area (Å²) in [6.07, 6.45) is 0. The van der Waals surface area contributed by atoms with Crippen molar-refractivity contribution in [3.8, 4) is 0 Å². The van der Waals surface area contributed by atoms with Crippen LogP contribution in [0.2, 0.25) is 10.0 Å². The number of hydrogen-bond acceptors (Lipinski definition) is 2. The Morgan fingerprint density at radius 1 is 1.06 bits per heavy atom. The summed E-state index contributed by atoms with van der Waals surface area (Å²) in [5.41, 5.74) is 0.508. The van der Waals surface area contributed by atoms with Crippen LogP contribution in [-0.4, -0.2) is 11.1 Å². The van der Waals surface area contributed by atoms with Crippen LogP contribution in [0.5, 0.6) is 0 Å². The number of benzene rings is 2. The molecule has 0 aliphatic heterocycles. The Labute approximate surface area is 114 Å². The predicted octanol–water partition coefficient (Wildman–Crippen LogP) is 4.03. The van der Waals surface area contributed by atoms with E-state index in [0.717, 1.165) is 0 Å². The van der Waals surface area contributed by atoms with Crippen molar-refractivity contribution in [1.29, 1.82) is 0 Å². The van der Waals surface area contributed by atoms with Gasteiger partial charge in [-0.3, -0.25) is 10.0 Å². The van der Waals surface area contributed by atoms with Crippen molar-refractivity contribution in [3.05, 3.63) is 64.1 Å². The van der Waals surface area contributed by atoms with E-state index in [1.54, 1.807) is 42.5 Å². The molecule has 0 aliphatic carbocycles. The summed E-state index contributed by atoms with van der Waals surface area (Å²) in [5.74, 6) is -0.608. The molecule has 0 unspecified atom stereocenters. The van der Waals surface area contributed by atoms with E-state index in [1.165, 1.54) is 6.07 Å². The minimum atomic E-state index is -0.608. The van der Waals surface area contributed by atoms with E-state index >= 15 is 0 Å². The smallest absolute Gasteiger partial charge is 0.281 e. The zero-order valence-electron chi connectivity index (χ0n) is 9.18. The number of halogens is 2. The highest BCUT2D eigenvalue weighted by molar-refractivity contribution is 6.34. The first-order valence-corrected chi connectivity index (χ1v) is 5.88. The van der Waals surface area contributed by atoms with Gasteiger partial charge in [-0.05, 0) is 30.3 Å². The minimum Gasteiger partial charge on any atom is -0.281 e. The Bertz CT molecular complexity index is 587. The summed E-state index contributed by atoms with van der Waals surface area (Å²) in [6.45, 7) is 0. The number of carbonyl (C=O) groups excluding carboxylic acids is 1. The van der Waals surface area contributed by atoms with Crippen LogP contribution in [0.1, 0.15) is 10.4 Å². The summed E-state index contributed by atoms with van der Waals surface area (Å²) in [6, 6.07) is 12.8. The first-order valence-electron chi connectivity index (χ1n) is 5.13. The average molecular weight is 282 g/mol. The lowest BCUT2D eigenvalue weighted by molar-refractivity contribution is 0.0855. The molecule has 0 bridgehead atoms. The fourth-order valence-electron chi connectivity index (χ4n) is 1.47. The van der Waals surface area contributed by atoms with Crippen molar-refractivity contribution in [2.75, 3.05) is 5.06 Å². The molecule has 0 atom stereocenters. The van der Waals surface area contributed by atoms with Crippen LogP contribution in [0.25, 0.3) is 0 Å². The van der Waals surface area contributed by atoms with Gasteiger partial charge in [0.1, 0.15) is 0 Å². The largest absolute Gasteiger partial charge is 0.283 e. The first-order chi connectivity index (χ1) is 8.59. The second kappa shape index (κ2) is 5.40. The van der Waals surface area contributed by atoms with Crippen LogP contribution in [0.4, 0.5) is 5.69 Å². The molecule has 0 aromatic heterocycles. The van der Waals surface area contributed by atoms with E-state index in [2.05, 4.69) is 0 Å². The zero-order chi connectivity index (χ0) is 13.1. The maximum absolute atomic E-state index is 12.0. The molecule has 5 heteroatoms. The molecule has 1 N–H and O–H groups in total. The van der Waals surface area contributed by atoms with Gasteiger partial charge in [0, 0.05) is 5.02 Å². The Morgan fingerprint density at radius 3 is 2.44 bits per heavy atom. The fraction of sp³-hybridized carbons (Fsp3) is 0. The SMILES string of the molecule is O=C(c1ccccc1Cl)N(O)c1cccc(Cl)c1. The number of amides is 1. The topological polar surface area (TPSA) is 40.5 Å². The van der Waals surface area contributed by atoms with Crippen LogP contribution < -0.4 is 5.06 Å². The highest BCUT2D eigenvalue weighted by Gasteiger charge is 2.18. The Hall–Kier alpha value is -1.55. The van der Waals surface area contributed by atoms with Gasteiger partial charge in [0.05, 0.1) is 16.3 Å². The summed E-state index contributed by atoms with van der Waals surface area (Å²) < 4.78 is 0. The lowest BCUT2D eigenvalue weighted by atomic mass is 10.2.